The molecule has 2 rings (SSSR count). The Hall–Kier alpha value is -1.23. The molecule has 0 aliphatic carbocycles. The topological polar surface area (TPSA) is 67.1 Å². The number of benzene rings is 1. The summed E-state index contributed by atoms with van der Waals surface area (Å²) in [7, 11) is 0. The van der Waals surface area contributed by atoms with Crippen molar-refractivity contribution in [2.24, 2.45) is 4.99 Å². The molecular weight excluding hydrogens is 526 g/mol. The van der Waals surface area contributed by atoms with Gasteiger partial charge in [-0.25, -0.2) is 4.39 Å². The number of hydrogen-bond donors (Lipinski definition) is 2. The number of rotatable bonds is 9. The highest BCUT2D eigenvalue weighted by atomic mass is 127. The molecule has 2 aromatic rings. The summed E-state index contributed by atoms with van der Waals surface area (Å²) in [6.07, 6.45) is 4.07. The van der Waals surface area contributed by atoms with Crippen molar-refractivity contribution in [1.29, 1.82) is 0 Å². The Morgan fingerprint density at radius 3 is 2.81 bits per heavy atom. The van der Waals surface area contributed by atoms with Crippen LogP contribution in [0.15, 0.2) is 34.0 Å². The van der Waals surface area contributed by atoms with Gasteiger partial charge in [0.25, 0.3) is 0 Å². The summed E-state index contributed by atoms with van der Waals surface area (Å²) < 4.78 is 16.6. The number of nitrogens with one attached hydrogen (secondary N) is 2. The van der Waals surface area contributed by atoms with Crippen molar-refractivity contribution in [3.05, 3.63) is 46.2 Å². The standard InChI is InChI=1S/C18H26BrFN6.HI/c1-3-17-25-24-13-26(17)11-10-23-18(21-4-2)22-9-5-6-14-7-8-15(19)12-16(14)20;/h7-8,12-13H,3-6,9-11H2,1-2H3,(H2,21,22,23);1H. The van der Waals surface area contributed by atoms with E-state index in [2.05, 4.69) is 48.7 Å². The Morgan fingerprint density at radius 1 is 1.30 bits per heavy atom. The molecule has 1 aromatic heterocycles. The second-order valence-corrected chi connectivity index (χ2v) is 6.74. The van der Waals surface area contributed by atoms with Gasteiger partial charge >= 0.3 is 0 Å². The van der Waals surface area contributed by atoms with Gasteiger partial charge in [0.15, 0.2) is 5.96 Å². The predicted molar refractivity (Wildman–Crippen MR) is 121 cm³/mol. The van der Waals surface area contributed by atoms with Crippen molar-refractivity contribution in [2.45, 2.75) is 39.7 Å². The smallest absolute Gasteiger partial charge is 0.191 e. The zero-order valence-electron chi connectivity index (χ0n) is 15.7. The number of halogens is 3. The molecule has 0 atom stereocenters. The first-order valence-electron chi connectivity index (χ1n) is 8.96. The van der Waals surface area contributed by atoms with E-state index in [1.165, 1.54) is 6.07 Å². The normalized spacial score (nSPS) is 11.2. The molecule has 0 radical (unpaired) electrons. The summed E-state index contributed by atoms with van der Waals surface area (Å²) in [6, 6.07) is 5.18. The zero-order chi connectivity index (χ0) is 18.8. The van der Waals surface area contributed by atoms with Crippen LogP contribution in [0.25, 0.3) is 0 Å². The number of hydrogen-bond acceptors (Lipinski definition) is 3. The molecule has 0 saturated carbocycles. The minimum absolute atomic E-state index is 0. The summed E-state index contributed by atoms with van der Waals surface area (Å²) >= 11 is 3.27. The van der Waals surface area contributed by atoms with E-state index in [0.29, 0.717) is 13.0 Å². The van der Waals surface area contributed by atoms with Crippen molar-refractivity contribution in [3.63, 3.8) is 0 Å². The van der Waals surface area contributed by atoms with Crippen LogP contribution in [-0.4, -0.2) is 40.4 Å². The van der Waals surface area contributed by atoms with Gasteiger partial charge in [-0.1, -0.05) is 28.9 Å². The van der Waals surface area contributed by atoms with Crippen LogP contribution >= 0.6 is 39.9 Å². The van der Waals surface area contributed by atoms with Gasteiger partial charge in [-0.2, -0.15) is 0 Å². The maximum absolute atomic E-state index is 13.8. The molecule has 6 nitrogen and oxygen atoms in total. The van der Waals surface area contributed by atoms with Gasteiger partial charge in [0.2, 0.25) is 0 Å². The molecule has 27 heavy (non-hydrogen) atoms. The number of guanidine groups is 1. The first-order valence-corrected chi connectivity index (χ1v) is 9.76. The highest BCUT2D eigenvalue weighted by molar-refractivity contribution is 14.0. The highest BCUT2D eigenvalue weighted by Crippen LogP contribution is 2.16. The number of nitrogens with zero attached hydrogens (tertiary/aromatic N) is 4. The summed E-state index contributed by atoms with van der Waals surface area (Å²) in [4.78, 5) is 4.56. The second-order valence-electron chi connectivity index (χ2n) is 5.82. The maximum Gasteiger partial charge on any atom is 0.191 e. The first kappa shape index (κ1) is 23.8. The highest BCUT2D eigenvalue weighted by Gasteiger charge is 2.04. The van der Waals surface area contributed by atoms with Gasteiger partial charge in [0.1, 0.15) is 18.0 Å². The Bertz CT molecular complexity index is 722. The molecule has 150 valence electrons. The molecule has 0 fully saturated rings. The third kappa shape index (κ3) is 8.12. The molecule has 0 amide bonds. The monoisotopic (exact) mass is 552 g/mol. The molecular formula is C18H27BrFIN6. The van der Waals surface area contributed by atoms with Crippen molar-refractivity contribution in [3.8, 4) is 0 Å². The third-order valence-electron chi connectivity index (χ3n) is 3.89. The van der Waals surface area contributed by atoms with Gasteiger partial charge in [0.05, 0.1) is 0 Å². The van der Waals surface area contributed by atoms with Crippen LogP contribution in [0.2, 0.25) is 0 Å². The molecule has 0 unspecified atom stereocenters. The summed E-state index contributed by atoms with van der Waals surface area (Å²) in [5.74, 6) is 1.58. The van der Waals surface area contributed by atoms with Crippen LogP contribution in [-0.2, 0) is 19.4 Å². The van der Waals surface area contributed by atoms with Crippen molar-refractivity contribution in [2.75, 3.05) is 19.6 Å². The molecule has 0 saturated heterocycles. The third-order valence-corrected chi connectivity index (χ3v) is 4.38. The van der Waals surface area contributed by atoms with Crippen LogP contribution in [0.4, 0.5) is 4.39 Å². The van der Waals surface area contributed by atoms with E-state index in [9.17, 15) is 4.39 Å². The van der Waals surface area contributed by atoms with Crippen LogP contribution in [0.5, 0.6) is 0 Å². The second kappa shape index (κ2) is 13.0. The van der Waals surface area contributed by atoms with Crippen LogP contribution < -0.4 is 10.6 Å². The maximum atomic E-state index is 13.8. The molecule has 2 N–H and O–H groups in total. The average molecular weight is 553 g/mol. The van der Waals surface area contributed by atoms with E-state index in [0.717, 1.165) is 54.3 Å². The molecule has 0 bridgehead atoms. The van der Waals surface area contributed by atoms with Crippen molar-refractivity contribution in [1.82, 2.24) is 25.4 Å². The number of aliphatic imine (C=N–C) groups is 1. The van der Waals surface area contributed by atoms with E-state index in [-0.39, 0.29) is 29.8 Å². The Balaban J connectivity index is 0.00000364. The van der Waals surface area contributed by atoms with E-state index in [4.69, 9.17) is 0 Å². The predicted octanol–water partition coefficient (Wildman–Crippen LogP) is 3.55. The molecule has 0 aliphatic rings. The molecule has 1 aromatic carbocycles. The number of aryl methyl sites for hydroxylation is 2. The lowest BCUT2D eigenvalue weighted by Crippen LogP contribution is -2.39. The average Bonchev–Trinajstić information content (AvgIpc) is 3.07. The van der Waals surface area contributed by atoms with Crippen molar-refractivity contribution >= 4 is 45.9 Å². The van der Waals surface area contributed by atoms with Crippen molar-refractivity contribution < 1.29 is 4.39 Å². The van der Waals surface area contributed by atoms with Gasteiger partial charge in [-0.05, 0) is 37.5 Å². The minimum Gasteiger partial charge on any atom is -0.357 e. The minimum atomic E-state index is -0.172. The molecule has 0 spiro atoms. The lowest BCUT2D eigenvalue weighted by Gasteiger charge is -2.12. The molecule has 9 heteroatoms. The van der Waals surface area contributed by atoms with E-state index in [1.54, 1.807) is 6.33 Å². The van der Waals surface area contributed by atoms with Crippen LogP contribution in [0.1, 0.15) is 31.7 Å². The summed E-state index contributed by atoms with van der Waals surface area (Å²) in [5, 5.41) is 14.5. The lowest BCUT2D eigenvalue weighted by molar-refractivity contribution is 0.604. The zero-order valence-corrected chi connectivity index (χ0v) is 19.6. The van der Waals surface area contributed by atoms with Crippen LogP contribution in [0, 0.1) is 5.82 Å². The molecule has 1 heterocycles. The molecule has 0 aliphatic heterocycles. The van der Waals surface area contributed by atoms with E-state index >= 15 is 0 Å². The number of aromatic nitrogens is 3. The fraction of sp³-hybridized carbons (Fsp3) is 0.500. The summed E-state index contributed by atoms with van der Waals surface area (Å²) in [5.41, 5.74) is 0.723. The van der Waals surface area contributed by atoms with Gasteiger partial charge in [-0.15, -0.1) is 34.2 Å². The van der Waals surface area contributed by atoms with Gasteiger partial charge in [0, 0.05) is 37.1 Å². The Morgan fingerprint density at radius 2 is 2.11 bits per heavy atom. The fourth-order valence-electron chi connectivity index (χ4n) is 2.56. The SMILES string of the molecule is CCNC(=NCCCc1ccc(Br)cc1F)NCCn1cnnc1CC.I. The van der Waals surface area contributed by atoms with E-state index in [1.807, 2.05) is 23.6 Å². The fourth-order valence-corrected chi connectivity index (χ4v) is 2.89. The van der Waals surface area contributed by atoms with Crippen LogP contribution in [0.3, 0.4) is 0 Å². The largest absolute Gasteiger partial charge is 0.357 e. The Labute approximate surface area is 185 Å². The quantitative estimate of drug-likeness (QED) is 0.216. The summed E-state index contributed by atoms with van der Waals surface area (Å²) in [6.45, 7) is 7.04. The van der Waals surface area contributed by atoms with E-state index < -0.39 is 0 Å². The Kier molecular flexibility index (Phi) is 11.5. The van der Waals surface area contributed by atoms with Gasteiger partial charge < -0.3 is 15.2 Å². The lowest BCUT2D eigenvalue weighted by atomic mass is 10.1. The first-order chi connectivity index (χ1) is 12.6. The van der Waals surface area contributed by atoms with Gasteiger partial charge in [-0.3, -0.25) is 4.99 Å².